The van der Waals surface area contributed by atoms with Crippen LogP contribution >= 0.6 is 0 Å². The van der Waals surface area contributed by atoms with E-state index in [9.17, 15) is 0 Å². The molecule has 0 N–H and O–H groups in total. The van der Waals surface area contributed by atoms with Gasteiger partial charge >= 0.3 is 0 Å². The van der Waals surface area contributed by atoms with E-state index in [0.29, 0.717) is 23.7 Å². The maximum atomic E-state index is 6.52. The Morgan fingerprint density at radius 3 is 1.12 bits per heavy atom. The fraction of sp³-hybridized carbons (Fsp3) is 0.400. The largest absolute Gasteiger partial charge is 0.456 e. The first-order chi connectivity index (χ1) is 15.2. The molecule has 32 heavy (non-hydrogen) atoms. The van der Waals surface area contributed by atoms with Crippen molar-refractivity contribution in [2.45, 2.75) is 79.1 Å². The summed E-state index contributed by atoms with van der Waals surface area (Å²) in [6, 6.07) is 13.7. The van der Waals surface area contributed by atoms with Gasteiger partial charge in [0, 0.05) is 21.5 Å². The molecule has 0 bridgehead atoms. The van der Waals surface area contributed by atoms with Crippen molar-refractivity contribution in [1.82, 2.24) is 0 Å². The molecule has 166 valence electrons. The molecule has 2 nitrogen and oxygen atoms in total. The molecular weight excluding hydrogens is 392 g/mol. The minimum atomic E-state index is 0.405. The van der Waals surface area contributed by atoms with Gasteiger partial charge in [-0.2, -0.15) is 0 Å². The summed E-state index contributed by atoms with van der Waals surface area (Å²) >= 11 is 0. The van der Waals surface area contributed by atoms with Crippen molar-refractivity contribution in [2.75, 3.05) is 0 Å². The van der Waals surface area contributed by atoms with Gasteiger partial charge in [0.25, 0.3) is 0 Å². The zero-order valence-corrected chi connectivity index (χ0v) is 20.6. The monoisotopic (exact) mass is 426 g/mol. The molecule has 2 aromatic heterocycles. The molecule has 0 amide bonds. The van der Waals surface area contributed by atoms with Crippen LogP contribution in [-0.4, -0.2) is 0 Å². The van der Waals surface area contributed by atoms with Gasteiger partial charge in [-0.15, -0.1) is 0 Å². The standard InChI is InChI=1S/C30H34O2/c1-15(2)19-9-21(17(5)6)29-25(11-19)23-13-28-24(14-27(23)31-29)26-12-20(16(3)4)10-22(18(7)8)30(26)32-28/h9-18H,1-8H3. The third kappa shape index (κ3) is 3.15. The topological polar surface area (TPSA) is 26.3 Å². The lowest BCUT2D eigenvalue weighted by molar-refractivity contribution is 0.651. The minimum absolute atomic E-state index is 0.405. The van der Waals surface area contributed by atoms with Crippen LogP contribution in [0, 0.1) is 0 Å². The molecule has 0 saturated heterocycles. The molecule has 0 aliphatic carbocycles. The van der Waals surface area contributed by atoms with Crippen LogP contribution in [0.25, 0.3) is 43.9 Å². The molecule has 0 saturated carbocycles. The van der Waals surface area contributed by atoms with Gasteiger partial charge in [0.2, 0.25) is 0 Å². The van der Waals surface area contributed by atoms with Crippen LogP contribution in [0.15, 0.2) is 45.2 Å². The smallest absolute Gasteiger partial charge is 0.138 e. The van der Waals surface area contributed by atoms with Gasteiger partial charge in [-0.25, -0.2) is 0 Å². The number of hydrogen-bond donors (Lipinski definition) is 0. The van der Waals surface area contributed by atoms with Crippen LogP contribution < -0.4 is 0 Å². The van der Waals surface area contributed by atoms with E-state index in [1.807, 2.05) is 0 Å². The number of benzene rings is 3. The molecule has 0 aliphatic rings. The van der Waals surface area contributed by atoms with Gasteiger partial charge in [0.15, 0.2) is 0 Å². The van der Waals surface area contributed by atoms with Crippen molar-refractivity contribution in [3.63, 3.8) is 0 Å². The van der Waals surface area contributed by atoms with E-state index in [0.717, 1.165) is 33.1 Å². The predicted octanol–water partition coefficient (Wildman–Crippen LogP) is 9.98. The first-order valence-corrected chi connectivity index (χ1v) is 12.1. The zero-order chi connectivity index (χ0) is 22.9. The highest BCUT2D eigenvalue weighted by atomic mass is 16.3. The zero-order valence-electron chi connectivity index (χ0n) is 20.6. The Kier molecular flexibility index (Phi) is 4.89. The SMILES string of the molecule is CC(C)c1cc(C(C)C)c2oc3cc4c(cc3c2c1)oc1c(C(C)C)cc(C(C)C)cc14. The van der Waals surface area contributed by atoms with Gasteiger partial charge in [-0.1, -0.05) is 67.5 Å². The highest BCUT2D eigenvalue weighted by Crippen LogP contribution is 2.42. The summed E-state index contributed by atoms with van der Waals surface area (Å²) in [5, 5.41) is 4.69. The van der Waals surface area contributed by atoms with Gasteiger partial charge in [0.05, 0.1) is 0 Å². The van der Waals surface area contributed by atoms with E-state index in [2.05, 4.69) is 91.8 Å². The van der Waals surface area contributed by atoms with Crippen LogP contribution in [0.1, 0.15) is 101 Å². The van der Waals surface area contributed by atoms with Crippen LogP contribution in [0.2, 0.25) is 0 Å². The average molecular weight is 427 g/mol. The summed E-state index contributed by atoms with van der Waals surface area (Å²) in [7, 11) is 0. The molecule has 0 spiro atoms. The van der Waals surface area contributed by atoms with Crippen molar-refractivity contribution in [1.29, 1.82) is 0 Å². The second kappa shape index (κ2) is 7.40. The number of fused-ring (bicyclic) bond motifs is 6. The van der Waals surface area contributed by atoms with Gasteiger partial charge in [-0.3, -0.25) is 0 Å². The Balaban J connectivity index is 1.89. The molecule has 2 heterocycles. The van der Waals surface area contributed by atoms with E-state index in [4.69, 9.17) is 8.83 Å². The molecule has 0 atom stereocenters. The Morgan fingerprint density at radius 2 is 0.812 bits per heavy atom. The van der Waals surface area contributed by atoms with Crippen molar-refractivity contribution < 1.29 is 8.83 Å². The summed E-state index contributed by atoms with van der Waals surface area (Å²) in [5.41, 5.74) is 9.21. The molecule has 0 aliphatic heterocycles. The van der Waals surface area contributed by atoms with Crippen LogP contribution in [-0.2, 0) is 0 Å². The third-order valence-corrected chi connectivity index (χ3v) is 6.94. The maximum Gasteiger partial charge on any atom is 0.138 e. The van der Waals surface area contributed by atoms with Crippen LogP contribution in [0.4, 0.5) is 0 Å². The average Bonchev–Trinajstić information content (AvgIpc) is 3.27. The maximum absolute atomic E-state index is 6.52. The van der Waals surface area contributed by atoms with Crippen molar-refractivity contribution in [3.8, 4) is 0 Å². The first-order valence-electron chi connectivity index (χ1n) is 12.1. The quantitative estimate of drug-likeness (QED) is 0.286. The van der Waals surface area contributed by atoms with Gasteiger partial charge < -0.3 is 8.83 Å². The molecule has 5 aromatic rings. The van der Waals surface area contributed by atoms with Crippen molar-refractivity contribution in [3.05, 3.63) is 58.7 Å². The van der Waals surface area contributed by atoms with E-state index in [1.54, 1.807) is 0 Å². The first kappa shape index (κ1) is 21.1. The highest BCUT2D eigenvalue weighted by molar-refractivity contribution is 6.15. The third-order valence-electron chi connectivity index (χ3n) is 6.94. The predicted molar refractivity (Wildman–Crippen MR) is 137 cm³/mol. The molecular formula is C30H34O2. The fourth-order valence-corrected chi connectivity index (χ4v) is 4.87. The van der Waals surface area contributed by atoms with E-state index in [-0.39, 0.29) is 0 Å². The minimum Gasteiger partial charge on any atom is -0.456 e. The molecule has 0 radical (unpaired) electrons. The second-order valence-electron chi connectivity index (χ2n) is 10.6. The van der Waals surface area contributed by atoms with Crippen molar-refractivity contribution in [2.24, 2.45) is 0 Å². The Bertz CT molecular complexity index is 1360. The Morgan fingerprint density at radius 1 is 0.438 bits per heavy atom. The number of hydrogen-bond acceptors (Lipinski definition) is 2. The molecule has 3 aromatic carbocycles. The lowest BCUT2D eigenvalue weighted by Gasteiger charge is -2.12. The van der Waals surface area contributed by atoms with Crippen LogP contribution in [0.5, 0.6) is 0 Å². The summed E-state index contributed by atoms with van der Waals surface area (Å²) in [6.07, 6.45) is 0. The normalized spacial score (nSPS) is 12.9. The summed E-state index contributed by atoms with van der Waals surface area (Å²) in [4.78, 5) is 0. The number of furan rings is 2. The van der Waals surface area contributed by atoms with E-state index < -0.39 is 0 Å². The molecule has 2 heteroatoms. The Hall–Kier alpha value is -2.74. The lowest BCUT2D eigenvalue weighted by atomic mass is 9.92. The molecule has 0 unspecified atom stereocenters. The summed E-state index contributed by atoms with van der Waals surface area (Å²) in [5.74, 6) is 1.75. The fourth-order valence-electron chi connectivity index (χ4n) is 4.87. The van der Waals surface area contributed by atoms with Gasteiger partial charge in [0.1, 0.15) is 22.3 Å². The van der Waals surface area contributed by atoms with Crippen molar-refractivity contribution >= 4 is 43.9 Å². The number of rotatable bonds is 4. The second-order valence-corrected chi connectivity index (χ2v) is 10.6. The van der Waals surface area contributed by atoms with Gasteiger partial charge in [-0.05, 0) is 70.2 Å². The van der Waals surface area contributed by atoms with E-state index in [1.165, 1.54) is 33.0 Å². The lowest BCUT2D eigenvalue weighted by Crippen LogP contribution is -1.93. The highest BCUT2D eigenvalue weighted by Gasteiger charge is 2.20. The van der Waals surface area contributed by atoms with E-state index >= 15 is 0 Å². The molecule has 5 rings (SSSR count). The summed E-state index contributed by atoms with van der Waals surface area (Å²) in [6.45, 7) is 18.0. The molecule has 0 fully saturated rings. The summed E-state index contributed by atoms with van der Waals surface area (Å²) < 4.78 is 13.0. The van der Waals surface area contributed by atoms with Crippen LogP contribution in [0.3, 0.4) is 0 Å². The Labute approximate surface area is 190 Å².